The van der Waals surface area contributed by atoms with Gasteiger partial charge >= 0.3 is 11.8 Å². The first-order valence-electron chi connectivity index (χ1n) is 10.8. The number of hydrogen-bond donors (Lipinski definition) is 1. The Labute approximate surface area is 198 Å². The van der Waals surface area contributed by atoms with Crippen LogP contribution in [0, 0.1) is 5.21 Å². The van der Waals surface area contributed by atoms with Gasteiger partial charge in [-0.3, -0.25) is 9.69 Å². The van der Waals surface area contributed by atoms with Gasteiger partial charge in [0.1, 0.15) is 23.6 Å². The van der Waals surface area contributed by atoms with Crippen molar-refractivity contribution in [1.29, 1.82) is 0 Å². The number of anilines is 2. The maximum Gasteiger partial charge on any atom is 0.501 e. The predicted molar refractivity (Wildman–Crippen MR) is 126 cm³/mol. The molecule has 1 fully saturated rings. The largest absolute Gasteiger partial charge is 0.708 e. The van der Waals surface area contributed by atoms with Crippen molar-refractivity contribution in [1.82, 2.24) is 4.57 Å². The smallest absolute Gasteiger partial charge is 0.501 e. The van der Waals surface area contributed by atoms with E-state index in [1.807, 2.05) is 12.1 Å². The average molecular weight is 483 g/mol. The van der Waals surface area contributed by atoms with E-state index in [0.29, 0.717) is 58.9 Å². The molecule has 0 aliphatic carbocycles. The molecule has 2 amide bonds. The van der Waals surface area contributed by atoms with Crippen LogP contribution in [0.1, 0.15) is 12.8 Å². The van der Waals surface area contributed by atoms with Crippen molar-refractivity contribution in [2.24, 2.45) is 0 Å². The third-order valence-corrected chi connectivity index (χ3v) is 6.95. The fourth-order valence-corrected chi connectivity index (χ4v) is 4.95. The molecule has 3 aromatic rings. The second kappa shape index (κ2) is 8.90. The highest BCUT2D eigenvalue weighted by Crippen LogP contribution is 2.35. The maximum absolute atomic E-state index is 12.5. The van der Waals surface area contributed by atoms with Crippen LogP contribution in [0.3, 0.4) is 0 Å². The predicted octanol–water partition coefficient (Wildman–Crippen LogP) is 2.49. The fourth-order valence-electron chi connectivity index (χ4n) is 4.16. The van der Waals surface area contributed by atoms with Gasteiger partial charge in [0.2, 0.25) is 5.91 Å². The first kappa shape index (κ1) is 22.1. The number of hydrogen-bond acceptors (Lipinski definition) is 7. The van der Waals surface area contributed by atoms with Gasteiger partial charge in [0, 0.05) is 10.6 Å². The number of benzene rings is 2. The summed E-state index contributed by atoms with van der Waals surface area (Å²) < 4.78 is 12.5. The van der Waals surface area contributed by atoms with Gasteiger partial charge in [-0.1, -0.05) is 0 Å². The molecule has 1 unspecified atom stereocenters. The van der Waals surface area contributed by atoms with Gasteiger partial charge < -0.3 is 20.0 Å². The van der Waals surface area contributed by atoms with E-state index in [4.69, 9.17) is 9.47 Å². The number of carbonyl (C=O) groups is 2. The molecule has 1 aromatic heterocycles. The monoisotopic (exact) mass is 482 g/mol. The summed E-state index contributed by atoms with van der Waals surface area (Å²) in [6, 6.07) is 10.4. The molecule has 0 spiro atoms. The number of rotatable bonds is 6. The minimum Gasteiger partial charge on any atom is -0.708 e. The van der Waals surface area contributed by atoms with Crippen LogP contribution < -0.4 is 25.4 Å². The molecule has 5 rings (SSSR count). The van der Waals surface area contributed by atoms with Crippen LogP contribution in [0.25, 0.3) is 10.9 Å². The summed E-state index contributed by atoms with van der Waals surface area (Å²) in [5.41, 5.74) is 0.966. The number of ether oxygens (including phenoxy) is 2. The van der Waals surface area contributed by atoms with E-state index in [9.17, 15) is 19.6 Å². The number of amides is 2. The van der Waals surface area contributed by atoms with E-state index in [1.54, 1.807) is 30.5 Å². The standard InChI is InChI=1S/C23H22N4O6S/c1-32-16-5-6-19-14(9-16)11-25(22(29)27(19)31)8-2-3-17-12-26(23(30)33-17)15-4-7-20-18(10-15)24-21(28)13-34-20/h4-7,9-11,17H,2-3,8,12-13H2,1H3,(H,24,28). The Balaban J connectivity index is 1.25. The molecule has 1 saturated heterocycles. The number of nitrogens with zero attached hydrogens (tertiary/aromatic N) is 3. The van der Waals surface area contributed by atoms with Crippen LogP contribution in [-0.4, -0.2) is 42.1 Å². The number of thioether (sulfide) groups is 1. The molecule has 34 heavy (non-hydrogen) atoms. The lowest BCUT2D eigenvalue weighted by Gasteiger charge is -2.19. The molecule has 3 heterocycles. The lowest BCUT2D eigenvalue weighted by Crippen LogP contribution is -2.50. The molecule has 0 radical (unpaired) electrons. The van der Waals surface area contributed by atoms with E-state index in [2.05, 4.69) is 5.32 Å². The average Bonchev–Trinajstić information content (AvgIpc) is 3.21. The molecule has 2 aliphatic heterocycles. The molecule has 2 aromatic carbocycles. The fraction of sp³-hybridized carbons (Fsp3) is 0.304. The Morgan fingerprint density at radius 1 is 1.24 bits per heavy atom. The van der Waals surface area contributed by atoms with Crippen LogP contribution in [0.5, 0.6) is 5.75 Å². The summed E-state index contributed by atoms with van der Waals surface area (Å²) >= 11 is 1.46. The summed E-state index contributed by atoms with van der Waals surface area (Å²) in [6.07, 6.45) is 1.91. The number of methoxy groups -OCH3 is 1. The van der Waals surface area contributed by atoms with E-state index >= 15 is 0 Å². The van der Waals surface area contributed by atoms with Crippen molar-refractivity contribution < 1.29 is 23.8 Å². The van der Waals surface area contributed by atoms with Gasteiger partial charge in [0.05, 0.1) is 37.0 Å². The molecule has 10 nitrogen and oxygen atoms in total. The highest BCUT2D eigenvalue weighted by atomic mass is 32.2. The number of carbonyl (C=O) groups excluding carboxylic acids is 2. The van der Waals surface area contributed by atoms with Gasteiger partial charge in [-0.2, -0.15) is 14.1 Å². The van der Waals surface area contributed by atoms with Crippen molar-refractivity contribution in [3.8, 4) is 5.75 Å². The minimum absolute atomic E-state index is 0.0710. The van der Waals surface area contributed by atoms with Crippen molar-refractivity contribution in [3.63, 3.8) is 0 Å². The Morgan fingerprint density at radius 3 is 2.91 bits per heavy atom. The highest BCUT2D eigenvalue weighted by Gasteiger charge is 2.33. The van der Waals surface area contributed by atoms with Crippen LogP contribution in [0.15, 0.2) is 52.3 Å². The molecule has 176 valence electrons. The van der Waals surface area contributed by atoms with Crippen LogP contribution >= 0.6 is 11.8 Å². The summed E-state index contributed by atoms with van der Waals surface area (Å²) in [4.78, 5) is 39.1. The van der Waals surface area contributed by atoms with E-state index in [1.165, 1.54) is 28.3 Å². The molecule has 1 atom stereocenters. The van der Waals surface area contributed by atoms with Crippen LogP contribution in [0.2, 0.25) is 0 Å². The van der Waals surface area contributed by atoms with Crippen molar-refractivity contribution in [2.45, 2.75) is 30.4 Å². The summed E-state index contributed by atoms with van der Waals surface area (Å²) in [5.74, 6) is 0.898. The van der Waals surface area contributed by atoms with Gasteiger partial charge in [-0.15, -0.1) is 11.8 Å². The van der Waals surface area contributed by atoms with Crippen molar-refractivity contribution in [2.75, 3.05) is 29.6 Å². The molecule has 0 bridgehead atoms. The Bertz CT molecular complexity index is 1360. The lowest BCUT2D eigenvalue weighted by atomic mass is 10.2. The van der Waals surface area contributed by atoms with E-state index in [0.717, 1.165) is 4.90 Å². The number of nitrogens with one attached hydrogen (secondary N) is 1. The van der Waals surface area contributed by atoms with Crippen LogP contribution in [0.4, 0.5) is 16.2 Å². The zero-order valence-electron chi connectivity index (χ0n) is 18.4. The molecule has 1 N–H and O–H groups in total. The van der Waals surface area contributed by atoms with Gasteiger partial charge in [-0.05, 0) is 49.2 Å². The summed E-state index contributed by atoms with van der Waals surface area (Å²) in [7, 11) is 1.54. The normalized spacial score (nSPS) is 17.4. The Kier molecular flexibility index (Phi) is 5.78. The SMILES string of the molecule is COc1ccc2c(c1)cn(CCCC1CN(c3ccc4c(c3)NC(=O)CS4)C(=O)O1)c(=O)[n+]2[O-]. The first-order valence-corrected chi connectivity index (χ1v) is 11.8. The lowest BCUT2D eigenvalue weighted by molar-refractivity contribution is -0.599. The molecular formula is C23H22N4O6S. The van der Waals surface area contributed by atoms with Gasteiger partial charge in [0.25, 0.3) is 0 Å². The second-order valence-corrected chi connectivity index (χ2v) is 9.12. The Hall–Kier alpha value is -3.73. The van der Waals surface area contributed by atoms with Crippen LogP contribution in [-0.2, 0) is 16.1 Å². The highest BCUT2D eigenvalue weighted by molar-refractivity contribution is 8.00. The second-order valence-electron chi connectivity index (χ2n) is 8.10. The number of cyclic esters (lactones) is 1. The number of aryl methyl sites for hydroxylation is 1. The van der Waals surface area contributed by atoms with E-state index < -0.39 is 11.8 Å². The third-order valence-electron chi connectivity index (χ3n) is 5.87. The number of fused-ring (bicyclic) bond motifs is 2. The van der Waals surface area contributed by atoms with Gasteiger partial charge in [-0.25, -0.2) is 4.79 Å². The zero-order valence-corrected chi connectivity index (χ0v) is 19.2. The van der Waals surface area contributed by atoms with Crippen molar-refractivity contribution >= 4 is 46.0 Å². The number of aromatic nitrogens is 2. The molecule has 0 saturated carbocycles. The first-order chi connectivity index (χ1) is 16.4. The molecule has 2 aliphatic rings. The quantitative estimate of drug-likeness (QED) is 0.424. The van der Waals surface area contributed by atoms with E-state index in [-0.39, 0.29) is 17.5 Å². The molecule has 11 heteroatoms. The zero-order chi connectivity index (χ0) is 23.8. The maximum atomic E-state index is 12.5. The molecular weight excluding hydrogens is 460 g/mol. The third kappa shape index (κ3) is 4.14. The van der Waals surface area contributed by atoms with Gasteiger partial charge in [0.15, 0.2) is 0 Å². The topological polar surface area (TPSA) is 117 Å². The van der Waals surface area contributed by atoms with Crippen molar-refractivity contribution in [3.05, 3.63) is 58.3 Å². The minimum atomic E-state index is -0.656. The summed E-state index contributed by atoms with van der Waals surface area (Å²) in [6.45, 7) is 0.675. The Morgan fingerprint density at radius 2 is 2.09 bits per heavy atom. The summed E-state index contributed by atoms with van der Waals surface area (Å²) in [5, 5.41) is 15.8.